The van der Waals surface area contributed by atoms with Crippen molar-refractivity contribution in [3.8, 4) is 0 Å². The molecule has 0 fully saturated rings. The average Bonchev–Trinajstić information content (AvgIpc) is 2.11. The van der Waals surface area contributed by atoms with Crippen LogP contribution in [0.4, 0.5) is 0 Å². The van der Waals surface area contributed by atoms with E-state index in [-0.39, 0.29) is 0 Å². The van der Waals surface area contributed by atoms with Crippen LogP contribution in [-0.4, -0.2) is 25.5 Å². The number of hydrogen-bond acceptors (Lipinski definition) is 2. The van der Waals surface area contributed by atoms with Crippen LogP contribution in [0.3, 0.4) is 0 Å². The second-order valence-corrected chi connectivity index (χ2v) is 4.08. The van der Waals surface area contributed by atoms with E-state index in [1.807, 2.05) is 0 Å². The number of nitrogens with two attached hydrogens (primary N) is 1. The first-order valence-corrected chi connectivity index (χ1v) is 5.00. The number of hydrogen-bond donors (Lipinski definition) is 1. The van der Waals surface area contributed by atoms with Crippen LogP contribution in [0.15, 0.2) is 18.2 Å². The quantitative estimate of drug-likeness (QED) is 0.792. The summed E-state index contributed by atoms with van der Waals surface area (Å²) in [7, 11) is 4.14. The predicted molar refractivity (Wildman–Crippen MR) is 61.4 cm³/mol. The van der Waals surface area contributed by atoms with Crippen molar-refractivity contribution in [2.45, 2.75) is 19.9 Å². The van der Waals surface area contributed by atoms with Gasteiger partial charge in [-0.1, -0.05) is 23.8 Å². The molecule has 0 amide bonds. The molecule has 1 rings (SSSR count). The fourth-order valence-corrected chi connectivity index (χ4v) is 1.73. The highest BCUT2D eigenvalue weighted by Gasteiger charge is 2.13. The summed E-state index contributed by atoms with van der Waals surface area (Å²) < 4.78 is 0. The summed E-state index contributed by atoms with van der Waals surface area (Å²) in [5.41, 5.74) is 9.74. The molecule has 0 heterocycles. The van der Waals surface area contributed by atoms with Crippen molar-refractivity contribution in [1.29, 1.82) is 0 Å². The molecule has 0 radical (unpaired) electrons. The van der Waals surface area contributed by atoms with Crippen LogP contribution in [0, 0.1) is 13.8 Å². The van der Waals surface area contributed by atoms with Gasteiger partial charge in [0.05, 0.1) is 0 Å². The molecule has 2 heteroatoms. The van der Waals surface area contributed by atoms with E-state index in [0.29, 0.717) is 12.6 Å². The third-order valence-electron chi connectivity index (χ3n) is 2.64. The SMILES string of the molecule is Cc1ccc(C)c(C(CN)N(C)C)c1. The molecule has 0 aliphatic rings. The molecule has 0 saturated heterocycles. The highest BCUT2D eigenvalue weighted by Crippen LogP contribution is 2.21. The van der Waals surface area contributed by atoms with Crippen molar-refractivity contribution in [1.82, 2.24) is 4.90 Å². The van der Waals surface area contributed by atoms with Gasteiger partial charge in [0.1, 0.15) is 0 Å². The number of nitrogens with zero attached hydrogens (tertiary/aromatic N) is 1. The van der Waals surface area contributed by atoms with E-state index in [2.05, 4.69) is 51.0 Å². The lowest BCUT2D eigenvalue weighted by atomic mass is 9.98. The topological polar surface area (TPSA) is 29.3 Å². The molecule has 78 valence electrons. The maximum absolute atomic E-state index is 5.78. The number of aryl methyl sites for hydroxylation is 2. The van der Waals surface area contributed by atoms with E-state index in [4.69, 9.17) is 5.73 Å². The van der Waals surface area contributed by atoms with Gasteiger partial charge in [0.15, 0.2) is 0 Å². The average molecular weight is 192 g/mol. The van der Waals surface area contributed by atoms with E-state index in [9.17, 15) is 0 Å². The number of benzene rings is 1. The molecule has 2 N–H and O–H groups in total. The van der Waals surface area contributed by atoms with Crippen LogP contribution in [0.1, 0.15) is 22.7 Å². The smallest absolute Gasteiger partial charge is 0.0467 e. The molecule has 1 atom stereocenters. The van der Waals surface area contributed by atoms with Gasteiger partial charge in [-0.2, -0.15) is 0 Å². The predicted octanol–water partition coefficient (Wildman–Crippen LogP) is 1.86. The summed E-state index contributed by atoms with van der Waals surface area (Å²) in [6, 6.07) is 6.86. The lowest BCUT2D eigenvalue weighted by Gasteiger charge is -2.25. The molecule has 0 spiro atoms. The Kier molecular flexibility index (Phi) is 3.67. The molecule has 1 unspecified atom stereocenters. The molecule has 0 aliphatic heterocycles. The van der Waals surface area contributed by atoms with Crippen molar-refractivity contribution >= 4 is 0 Å². The van der Waals surface area contributed by atoms with E-state index in [1.165, 1.54) is 16.7 Å². The molecule has 0 bridgehead atoms. The fourth-order valence-electron chi connectivity index (χ4n) is 1.73. The number of likely N-dealkylation sites (N-methyl/N-ethyl adjacent to an activating group) is 1. The van der Waals surface area contributed by atoms with Crippen molar-refractivity contribution in [2.75, 3.05) is 20.6 Å². The first-order chi connectivity index (χ1) is 6.56. The molecule has 2 nitrogen and oxygen atoms in total. The van der Waals surface area contributed by atoms with Crippen LogP contribution in [-0.2, 0) is 0 Å². The van der Waals surface area contributed by atoms with Crippen molar-refractivity contribution in [3.63, 3.8) is 0 Å². The van der Waals surface area contributed by atoms with Crippen LogP contribution in [0.2, 0.25) is 0 Å². The van der Waals surface area contributed by atoms with Gasteiger partial charge < -0.3 is 10.6 Å². The van der Waals surface area contributed by atoms with Gasteiger partial charge in [0, 0.05) is 12.6 Å². The third kappa shape index (κ3) is 2.34. The Labute approximate surface area is 86.7 Å². The minimum atomic E-state index is 0.329. The van der Waals surface area contributed by atoms with Crippen LogP contribution in [0.25, 0.3) is 0 Å². The van der Waals surface area contributed by atoms with Gasteiger partial charge in [-0.3, -0.25) is 0 Å². The van der Waals surface area contributed by atoms with Gasteiger partial charge in [-0.25, -0.2) is 0 Å². The second kappa shape index (κ2) is 4.58. The van der Waals surface area contributed by atoms with Crippen molar-refractivity contribution in [2.24, 2.45) is 5.73 Å². The molecular weight excluding hydrogens is 172 g/mol. The maximum Gasteiger partial charge on any atom is 0.0467 e. The first kappa shape index (κ1) is 11.2. The largest absolute Gasteiger partial charge is 0.329 e. The van der Waals surface area contributed by atoms with Crippen molar-refractivity contribution < 1.29 is 0 Å². The van der Waals surface area contributed by atoms with E-state index < -0.39 is 0 Å². The Balaban J connectivity index is 3.08. The molecule has 14 heavy (non-hydrogen) atoms. The van der Waals surface area contributed by atoms with E-state index in [1.54, 1.807) is 0 Å². The monoisotopic (exact) mass is 192 g/mol. The summed E-state index contributed by atoms with van der Waals surface area (Å²) in [5, 5.41) is 0. The zero-order valence-electron chi connectivity index (χ0n) is 9.54. The fraction of sp³-hybridized carbons (Fsp3) is 0.500. The first-order valence-electron chi connectivity index (χ1n) is 5.00. The maximum atomic E-state index is 5.78. The second-order valence-electron chi connectivity index (χ2n) is 4.08. The highest BCUT2D eigenvalue weighted by molar-refractivity contribution is 5.33. The summed E-state index contributed by atoms with van der Waals surface area (Å²) in [6.07, 6.45) is 0. The van der Waals surface area contributed by atoms with Crippen LogP contribution < -0.4 is 5.73 Å². The Morgan fingerprint density at radius 2 is 1.93 bits per heavy atom. The standard InChI is InChI=1S/C12H20N2/c1-9-5-6-10(2)11(7-9)12(8-13)14(3)4/h5-7,12H,8,13H2,1-4H3. The minimum Gasteiger partial charge on any atom is -0.329 e. The van der Waals surface area contributed by atoms with Gasteiger partial charge in [0.25, 0.3) is 0 Å². The lowest BCUT2D eigenvalue weighted by molar-refractivity contribution is 0.305. The molecule has 0 aliphatic carbocycles. The molecular formula is C12H20N2. The van der Waals surface area contributed by atoms with E-state index >= 15 is 0 Å². The van der Waals surface area contributed by atoms with Gasteiger partial charge in [-0.15, -0.1) is 0 Å². The van der Waals surface area contributed by atoms with Gasteiger partial charge >= 0.3 is 0 Å². The third-order valence-corrected chi connectivity index (χ3v) is 2.64. The molecule has 1 aromatic carbocycles. The Hall–Kier alpha value is -0.860. The summed E-state index contributed by atoms with van der Waals surface area (Å²) >= 11 is 0. The summed E-state index contributed by atoms with van der Waals surface area (Å²) in [6.45, 7) is 4.92. The highest BCUT2D eigenvalue weighted by atomic mass is 15.1. The Bertz CT molecular complexity index is 305. The molecule has 0 aromatic heterocycles. The van der Waals surface area contributed by atoms with E-state index in [0.717, 1.165) is 0 Å². The number of rotatable bonds is 3. The van der Waals surface area contributed by atoms with Crippen LogP contribution >= 0.6 is 0 Å². The molecule has 1 aromatic rings. The summed E-state index contributed by atoms with van der Waals surface area (Å²) in [5.74, 6) is 0. The zero-order valence-corrected chi connectivity index (χ0v) is 9.54. The van der Waals surface area contributed by atoms with Crippen molar-refractivity contribution in [3.05, 3.63) is 34.9 Å². The van der Waals surface area contributed by atoms with Crippen LogP contribution in [0.5, 0.6) is 0 Å². The Morgan fingerprint density at radius 1 is 1.29 bits per heavy atom. The Morgan fingerprint density at radius 3 is 2.43 bits per heavy atom. The lowest BCUT2D eigenvalue weighted by Crippen LogP contribution is -2.27. The molecule has 0 saturated carbocycles. The zero-order chi connectivity index (χ0) is 10.7. The summed E-state index contributed by atoms with van der Waals surface area (Å²) in [4.78, 5) is 2.17. The minimum absolute atomic E-state index is 0.329. The van der Waals surface area contributed by atoms with Gasteiger partial charge in [0.2, 0.25) is 0 Å². The normalized spacial score (nSPS) is 13.3. The van der Waals surface area contributed by atoms with Gasteiger partial charge in [-0.05, 0) is 39.1 Å².